The summed E-state index contributed by atoms with van der Waals surface area (Å²) in [5.41, 5.74) is 9.27. The molecule has 194 valence electrons. The van der Waals surface area contributed by atoms with Gasteiger partial charge in [-0.15, -0.1) is 0 Å². The Morgan fingerprint density at radius 3 is 2.17 bits per heavy atom. The Kier molecular flexibility index (Phi) is 6.27. The summed E-state index contributed by atoms with van der Waals surface area (Å²) < 4.78 is 0. The fraction of sp³-hybridized carbons (Fsp3) is 0.176. The lowest BCUT2D eigenvalue weighted by molar-refractivity contribution is 0.202. The van der Waals surface area contributed by atoms with E-state index in [-0.39, 0.29) is 0 Å². The predicted octanol–water partition coefficient (Wildman–Crippen LogP) is 7.09. The van der Waals surface area contributed by atoms with Crippen molar-refractivity contribution in [2.75, 3.05) is 13.1 Å². The van der Waals surface area contributed by atoms with Gasteiger partial charge in [0, 0.05) is 23.6 Å². The second kappa shape index (κ2) is 10.4. The first kappa shape index (κ1) is 24.2. The molecule has 1 aliphatic rings. The summed E-state index contributed by atoms with van der Waals surface area (Å²) in [6, 6.07) is 34.8. The highest BCUT2D eigenvalue weighted by atomic mass is 15.1. The third-order valence-electron chi connectivity index (χ3n) is 7.86. The van der Waals surface area contributed by atoms with Crippen molar-refractivity contribution in [2.24, 2.45) is 0 Å². The third-order valence-corrected chi connectivity index (χ3v) is 7.86. The predicted molar refractivity (Wildman–Crippen MR) is 158 cm³/mol. The van der Waals surface area contributed by atoms with Crippen LogP contribution in [0, 0.1) is 11.3 Å². The smallest absolute Gasteiger partial charge is 0.110 e. The van der Waals surface area contributed by atoms with Crippen molar-refractivity contribution >= 4 is 22.1 Å². The summed E-state index contributed by atoms with van der Waals surface area (Å²) in [5.74, 6) is 1.61. The van der Waals surface area contributed by atoms with Crippen LogP contribution in [0.25, 0.3) is 44.6 Å². The summed E-state index contributed by atoms with van der Waals surface area (Å²) in [5, 5.41) is 9.35. The second-order valence-electron chi connectivity index (χ2n) is 10.5. The standard InChI is InChI=1S/C34H28N6/c35-21-24-12-15-30-31(20-24)37-32(25-6-2-1-3-7-25)33(36-30)26-13-10-23(11-14-26)22-40-18-16-27(17-19-40)34-38-28-8-4-5-9-29(28)39-34/h1-15,20,27H,16-19,22H2,(H,38,39). The quantitative estimate of drug-likeness (QED) is 0.262. The maximum Gasteiger partial charge on any atom is 0.110 e. The number of H-pyrrole nitrogens is 1. The molecule has 1 aliphatic heterocycles. The zero-order valence-electron chi connectivity index (χ0n) is 22.1. The molecule has 3 heterocycles. The van der Waals surface area contributed by atoms with Gasteiger partial charge in [0.25, 0.3) is 0 Å². The van der Waals surface area contributed by atoms with Crippen molar-refractivity contribution in [3.8, 4) is 28.6 Å². The first-order chi connectivity index (χ1) is 19.7. The van der Waals surface area contributed by atoms with E-state index < -0.39 is 0 Å². The number of fused-ring (bicyclic) bond motifs is 2. The van der Waals surface area contributed by atoms with E-state index in [0.717, 1.165) is 82.9 Å². The number of hydrogen-bond donors (Lipinski definition) is 1. The van der Waals surface area contributed by atoms with Crippen LogP contribution in [-0.2, 0) is 6.54 Å². The van der Waals surface area contributed by atoms with Crippen molar-refractivity contribution in [1.29, 1.82) is 5.26 Å². The van der Waals surface area contributed by atoms with E-state index in [1.54, 1.807) is 12.1 Å². The lowest BCUT2D eigenvalue weighted by Crippen LogP contribution is -2.32. The molecule has 0 aliphatic carbocycles. The Labute approximate surface area is 233 Å². The van der Waals surface area contributed by atoms with Gasteiger partial charge < -0.3 is 4.98 Å². The van der Waals surface area contributed by atoms with Crippen molar-refractivity contribution < 1.29 is 0 Å². The van der Waals surface area contributed by atoms with Crippen LogP contribution in [0.2, 0.25) is 0 Å². The number of aromatic amines is 1. The maximum atomic E-state index is 9.35. The minimum atomic E-state index is 0.484. The van der Waals surface area contributed by atoms with Gasteiger partial charge in [-0.05, 0) is 61.8 Å². The van der Waals surface area contributed by atoms with Crippen LogP contribution >= 0.6 is 0 Å². The van der Waals surface area contributed by atoms with E-state index in [1.165, 1.54) is 5.56 Å². The van der Waals surface area contributed by atoms with Crippen LogP contribution in [-0.4, -0.2) is 37.9 Å². The summed E-state index contributed by atoms with van der Waals surface area (Å²) in [7, 11) is 0. The van der Waals surface area contributed by atoms with Gasteiger partial charge in [-0.3, -0.25) is 4.90 Å². The van der Waals surface area contributed by atoms with Crippen molar-refractivity contribution in [3.05, 3.63) is 114 Å². The number of aromatic nitrogens is 4. The largest absolute Gasteiger partial charge is 0.342 e. The van der Waals surface area contributed by atoms with Crippen LogP contribution in [0.15, 0.2) is 97.1 Å². The van der Waals surface area contributed by atoms with E-state index in [9.17, 15) is 5.26 Å². The van der Waals surface area contributed by atoms with Crippen LogP contribution in [0.1, 0.15) is 35.7 Å². The number of hydrogen-bond acceptors (Lipinski definition) is 5. The summed E-state index contributed by atoms with van der Waals surface area (Å²) in [6.45, 7) is 3.05. The van der Waals surface area contributed by atoms with Gasteiger partial charge in [0.15, 0.2) is 0 Å². The highest BCUT2D eigenvalue weighted by molar-refractivity contribution is 5.86. The maximum absolute atomic E-state index is 9.35. The number of likely N-dealkylation sites (tertiary alicyclic amines) is 1. The number of nitrogens with zero attached hydrogens (tertiary/aromatic N) is 5. The molecular formula is C34H28N6. The van der Waals surface area contributed by atoms with E-state index in [1.807, 2.05) is 30.3 Å². The minimum Gasteiger partial charge on any atom is -0.342 e. The lowest BCUT2D eigenvalue weighted by Gasteiger charge is -2.31. The molecule has 1 saturated heterocycles. The number of nitriles is 1. The third kappa shape index (κ3) is 4.72. The number of rotatable bonds is 5. The van der Waals surface area contributed by atoms with Crippen molar-refractivity contribution in [1.82, 2.24) is 24.8 Å². The molecule has 40 heavy (non-hydrogen) atoms. The van der Waals surface area contributed by atoms with Gasteiger partial charge in [0.2, 0.25) is 0 Å². The van der Waals surface area contributed by atoms with Crippen molar-refractivity contribution in [3.63, 3.8) is 0 Å². The monoisotopic (exact) mass is 520 g/mol. The van der Waals surface area contributed by atoms with E-state index in [0.29, 0.717) is 11.5 Å². The molecule has 4 aromatic carbocycles. The molecule has 6 aromatic rings. The van der Waals surface area contributed by atoms with E-state index in [4.69, 9.17) is 15.0 Å². The molecule has 1 N–H and O–H groups in total. The minimum absolute atomic E-state index is 0.484. The Balaban J connectivity index is 1.10. The molecule has 2 aromatic heterocycles. The van der Waals surface area contributed by atoms with Crippen LogP contribution < -0.4 is 0 Å². The van der Waals surface area contributed by atoms with Gasteiger partial charge in [0.1, 0.15) is 5.82 Å². The number of nitrogens with one attached hydrogen (secondary N) is 1. The first-order valence-corrected chi connectivity index (χ1v) is 13.8. The average molecular weight is 521 g/mol. The Morgan fingerprint density at radius 2 is 1.43 bits per heavy atom. The van der Waals surface area contributed by atoms with Gasteiger partial charge in [0.05, 0.1) is 45.1 Å². The highest BCUT2D eigenvalue weighted by Gasteiger charge is 2.23. The van der Waals surface area contributed by atoms with Crippen LogP contribution in [0.3, 0.4) is 0 Å². The summed E-state index contributed by atoms with van der Waals surface area (Å²) >= 11 is 0. The molecule has 0 amide bonds. The molecule has 0 bridgehead atoms. The fourth-order valence-corrected chi connectivity index (χ4v) is 5.68. The molecule has 0 atom stereocenters. The van der Waals surface area contributed by atoms with Gasteiger partial charge >= 0.3 is 0 Å². The summed E-state index contributed by atoms with van der Waals surface area (Å²) in [4.78, 5) is 20.9. The molecule has 6 nitrogen and oxygen atoms in total. The van der Waals surface area contributed by atoms with E-state index in [2.05, 4.69) is 70.6 Å². The average Bonchev–Trinajstić information content (AvgIpc) is 3.46. The van der Waals surface area contributed by atoms with E-state index >= 15 is 0 Å². The zero-order valence-corrected chi connectivity index (χ0v) is 22.1. The normalized spacial score (nSPS) is 14.5. The zero-order chi connectivity index (χ0) is 26.9. The number of imidazole rings is 1. The molecule has 0 radical (unpaired) electrons. The molecule has 6 heteroatoms. The van der Waals surface area contributed by atoms with Gasteiger partial charge in [-0.1, -0.05) is 66.7 Å². The number of benzene rings is 4. The number of para-hydroxylation sites is 2. The Morgan fingerprint density at radius 1 is 0.725 bits per heavy atom. The molecule has 0 spiro atoms. The highest BCUT2D eigenvalue weighted by Crippen LogP contribution is 2.32. The van der Waals surface area contributed by atoms with Gasteiger partial charge in [-0.25, -0.2) is 15.0 Å². The van der Waals surface area contributed by atoms with Crippen LogP contribution in [0.4, 0.5) is 0 Å². The topological polar surface area (TPSA) is 81.5 Å². The summed E-state index contributed by atoms with van der Waals surface area (Å²) in [6.07, 6.45) is 2.22. The number of piperidine rings is 1. The molecule has 0 saturated carbocycles. The SMILES string of the molecule is N#Cc1ccc2nc(-c3ccc(CN4CCC(c5nc6ccccc6[nH]5)CC4)cc3)c(-c3ccccc3)nc2c1. The molecular weight excluding hydrogens is 492 g/mol. The first-order valence-electron chi connectivity index (χ1n) is 13.8. The second-order valence-corrected chi connectivity index (χ2v) is 10.5. The van der Waals surface area contributed by atoms with Crippen LogP contribution in [0.5, 0.6) is 0 Å². The Hall–Kier alpha value is -4.86. The fourth-order valence-electron chi connectivity index (χ4n) is 5.68. The molecule has 1 fully saturated rings. The van der Waals surface area contributed by atoms with Crippen molar-refractivity contribution in [2.45, 2.75) is 25.3 Å². The lowest BCUT2D eigenvalue weighted by atomic mass is 9.95. The molecule has 0 unspecified atom stereocenters. The van der Waals surface area contributed by atoms with Gasteiger partial charge in [-0.2, -0.15) is 5.26 Å². The Bertz CT molecular complexity index is 1810. The molecule has 7 rings (SSSR count).